The number of carbonyl (C=O) groups excluding carboxylic acids is 3. The number of fused-ring (bicyclic) bond motifs is 2. The van der Waals surface area contributed by atoms with Gasteiger partial charge in [0.05, 0.1) is 0 Å². The first-order valence-electron chi connectivity index (χ1n) is 23.4. The van der Waals surface area contributed by atoms with E-state index in [1.807, 2.05) is 36.4 Å². The molecule has 2 amide bonds. The van der Waals surface area contributed by atoms with Gasteiger partial charge in [-0.1, -0.05) is 98.8 Å². The van der Waals surface area contributed by atoms with Crippen molar-refractivity contribution in [3.05, 3.63) is 156 Å². The average molecular weight is 889 g/mol. The SMILES string of the molecule is C[C@@H](C[C@@H]1CCN(c2ccc(C(=O)NCC(=O)O)cc2)C1)c1cccc2ccccc12.C[C@@H](C[C@@H]1CCN(c2ccc(C(=O)NCC(=O)OC(C)(C)C)cc2)C1)c1cccc2ccccc12. The Kier molecular flexibility index (Phi) is 15.4. The third-order valence-electron chi connectivity index (χ3n) is 12.9. The van der Waals surface area contributed by atoms with E-state index in [1.54, 1.807) is 32.9 Å². The lowest BCUT2D eigenvalue weighted by atomic mass is 9.87. The molecule has 0 saturated carbocycles. The molecule has 2 fully saturated rings. The quantitative estimate of drug-likeness (QED) is 0.0923. The van der Waals surface area contributed by atoms with Crippen LogP contribution >= 0.6 is 0 Å². The van der Waals surface area contributed by atoms with Gasteiger partial charge in [0, 0.05) is 48.7 Å². The lowest BCUT2D eigenvalue weighted by Gasteiger charge is -2.21. The van der Waals surface area contributed by atoms with Crippen LogP contribution < -0.4 is 20.4 Å². The van der Waals surface area contributed by atoms with Crippen LogP contribution in [-0.2, 0) is 14.3 Å². The second-order valence-corrected chi connectivity index (χ2v) is 19.1. The van der Waals surface area contributed by atoms with Gasteiger partial charge in [0.25, 0.3) is 11.8 Å². The summed E-state index contributed by atoms with van der Waals surface area (Å²) in [4.78, 5) is 51.6. The van der Waals surface area contributed by atoms with Crippen LogP contribution in [0.25, 0.3) is 21.5 Å². The number of nitrogens with zero attached hydrogens (tertiary/aromatic N) is 2. The van der Waals surface area contributed by atoms with Gasteiger partial charge in [0.2, 0.25) is 0 Å². The maximum absolute atomic E-state index is 12.4. The van der Waals surface area contributed by atoms with Crippen LogP contribution in [0.15, 0.2) is 133 Å². The first-order valence-corrected chi connectivity index (χ1v) is 23.4. The Morgan fingerprint density at radius 3 is 1.42 bits per heavy atom. The number of hydrogen-bond acceptors (Lipinski definition) is 7. The fourth-order valence-corrected chi connectivity index (χ4v) is 9.67. The van der Waals surface area contributed by atoms with E-state index < -0.39 is 17.5 Å². The predicted molar refractivity (Wildman–Crippen MR) is 266 cm³/mol. The molecule has 2 heterocycles. The molecule has 4 atom stereocenters. The van der Waals surface area contributed by atoms with Crippen molar-refractivity contribution in [2.75, 3.05) is 49.1 Å². The molecule has 8 rings (SSSR count). The minimum absolute atomic E-state index is 0.138. The van der Waals surface area contributed by atoms with E-state index >= 15 is 0 Å². The van der Waals surface area contributed by atoms with Gasteiger partial charge in [-0.05, 0) is 151 Å². The molecular formula is C56H64N4O6. The van der Waals surface area contributed by atoms with Gasteiger partial charge in [-0.25, -0.2) is 0 Å². The molecule has 0 aromatic heterocycles. The summed E-state index contributed by atoms with van der Waals surface area (Å²) >= 11 is 0. The van der Waals surface area contributed by atoms with Crippen molar-refractivity contribution in [3.8, 4) is 0 Å². The zero-order valence-corrected chi connectivity index (χ0v) is 39.0. The number of rotatable bonds is 14. The number of nitrogens with one attached hydrogen (secondary N) is 2. The van der Waals surface area contributed by atoms with Crippen molar-refractivity contribution in [3.63, 3.8) is 0 Å². The fraction of sp³-hybridized carbons (Fsp3) is 0.357. The highest BCUT2D eigenvalue weighted by Crippen LogP contribution is 2.36. The van der Waals surface area contributed by atoms with E-state index in [0.29, 0.717) is 34.8 Å². The summed E-state index contributed by atoms with van der Waals surface area (Å²) in [5.41, 5.74) is 5.55. The summed E-state index contributed by atoms with van der Waals surface area (Å²) in [6, 6.07) is 45.5. The number of amides is 2. The number of anilines is 2. The number of benzene rings is 6. The molecule has 344 valence electrons. The average Bonchev–Trinajstić information content (AvgIpc) is 3.99. The highest BCUT2D eigenvalue weighted by molar-refractivity contribution is 5.97. The second-order valence-electron chi connectivity index (χ2n) is 19.1. The number of carboxylic acids is 1. The Morgan fingerprint density at radius 2 is 1.00 bits per heavy atom. The zero-order chi connectivity index (χ0) is 46.8. The van der Waals surface area contributed by atoms with Crippen molar-refractivity contribution in [2.45, 2.75) is 77.7 Å². The molecule has 6 aromatic carbocycles. The Hall–Kier alpha value is -6.68. The van der Waals surface area contributed by atoms with Gasteiger partial charge in [-0.2, -0.15) is 0 Å². The van der Waals surface area contributed by atoms with E-state index in [9.17, 15) is 19.2 Å². The largest absolute Gasteiger partial charge is 0.480 e. The number of esters is 1. The number of aliphatic carboxylic acids is 1. The van der Waals surface area contributed by atoms with Crippen molar-refractivity contribution >= 4 is 56.7 Å². The standard InChI is InChI=1S/C30H36N2O3.C26H28N2O3/c1-21(26-11-7-9-23-8-5-6-10-27(23)26)18-22-16-17-32(20-22)25-14-12-24(13-15-25)29(34)31-19-28(33)35-30(2,3)4;1-18(23-8-4-6-20-5-2-3-7-24(20)23)15-19-13-14-28(17-19)22-11-9-21(10-12-22)26(31)27-16-25(29)30/h5-15,21-22H,16-20H2,1-4H3,(H,31,34);2-12,18-19H,13-17H2,1H3,(H,27,31)(H,29,30)/t21-,22-;18-,19-/m00/s1. The summed E-state index contributed by atoms with van der Waals surface area (Å²) in [6.45, 7) is 13.7. The van der Waals surface area contributed by atoms with Crippen LogP contribution in [0.4, 0.5) is 11.4 Å². The van der Waals surface area contributed by atoms with E-state index in [2.05, 4.69) is 119 Å². The third kappa shape index (κ3) is 12.6. The van der Waals surface area contributed by atoms with Gasteiger partial charge in [-0.15, -0.1) is 0 Å². The number of carbonyl (C=O) groups is 4. The molecule has 3 N–H and O–H groups in total. The minimum Gasteiger partial charge on any atom is -0.480 e. The van der Waals surface area contributed by atoms with E-state index in [0.717, 1.165) is 56.8 Å². The maximum atomic E-state index is 12.4. The predicted octanol–water partition coefficient (Wildman–Crippen LogP) is 10.6. The van der Waals surface area contributed by atoms with Crippen LogP contribution in [0.5, 0.6) is 0 Å². The Balaban J connectivity index is 0.000000198. The minimum atomic E-state index is -1.05. The normalized spacial score (nSPS) is 16.9. The maximum Gasteiger partial charge on any atom is 0.325 e. The van der Waals surface area contributed by atoms with Crippen LogP contribution in [0.1, 0.15) is 104 Å². The Labute approximate surface area is 389 Å². The first kappa shape index (κ1) is 47.3. The van der Waals surface area contributed by atoms with Crippen molar-refractivity contribution in [1.82, 2.24) is 10.6 Å². The molecule has 10 heteroatoms. The van der Waals surface area contributed by atoms with Crippen molar-refractivity contribution in [1.29, 1.82) is 0 Å². The number of ether oxygens (including phenoxy) is 1. The van der Waals surface area contributed by atoms with Gasteiger partial charge >= 0.3 is 11.9 Å². The molecule has 2 aliphatic rings. The van der Waals surface area contributed by atoms with E-state index in [-0.39, 0.29) is 24.9 Å². The van der Waals surface area contributed by atoms with E-state index in [4.69, 9.17) is 9.84 Å². The number of hydrogen-bond donors (Lipinski definition) is 3. The van der Waals surface area contributed by atoms with Crippen LogP contribution in [0, 0.1) is 11.8 Å². The molecule has 10 nitrogen and oxygen atoms in total. The van der Waals surface area contributed by atoms with Gasteiger partial charge < -0.3 is 30.3 Å². The molecule has 0 aliphatic carbocycles. The highest BCUT2D eigenvalue weighted by Gasteiger charge is 2.27. The topological polar surface area (TPSA) is 128 Å². The molecule has 66 heavy (non-hydrogen) atoms. The smallest absolute Gasteiger partial charge is 0.325 e. The first-order chi connectivity index (χ1) is 31.7. The highest BCUT2D eigenvalue weighted by atomic mass is 16.6. The molecule has 0 radical (unpaired) electrons. The molecule has 2 saturated heterocycles. The van der Waals surface area contributed by atoms with Crippen molar-refractivity contribution in [2.24, 2.45) is 11.8 Å². The molecule has 0 unspecified atom stereocenters. The van der Waals surface area contributed by atoms with Gasteiger partial charge in [0.15, 0.2) is 0 Å². The summed E-state index contributed by atoms with van der Waals surface area (Å²) in [7, 11) is 0. The monoisotopic (exact) mass is 888 g/mol. The lowest BCUT2D eigenvalue weighted by molar-refractivity contribution is -0.153. The summed E-state index contributed by atoms with van der Waals surface area (Å²) in [5.74, 6) is 0.142. The summed E-state index contributed by atoms with van der Waals surface area (Å²) < 4.78 is 5.24. The lowest BCUT2D eigenvalue weighted by Crippen LogP contribution is -2.34. The van der Waals surface area contributed by atoms with E-state index in [1.165, 1.54) is 39.1 Å². The van der Waals surface area contributed by atoms with Gasteiger partial charge in [-0.3, -0.25) is 19.2 Å². The molecule has 0 bridgehead atoms. The molecule has 2 aliphatic heterocycles. The Bertz CT molecular complexity index is 2610. The van der Waals surface area contributed by atoms with Crippen LogP contribution in [0.2, 0.25) is 0 Å². The van der Waals surface area contributed by atoms with Crippen LogP contribution in [-0.4, -0.2) is 73.7 Å². The summed E-state index contributed by atoms with van der Waals surface area (Å²) in [6.07, 6.45) is 4.65. The third-order valence-corrected chi connectivity index (χ3v) is 12.9. The molecular weight excluding hydrogens is 825 g/mol. The summed E-state index contributed by atoms with van der Waals surface area (Å²) in [5, 5.41) is 19.0. The van der Waals surface area contributed by atoms with Gasteiger partial charge in [0.1, 0.15) is 18.7 Å². The fourth-order valence-electron chi connectivity index (χ4n) is 9.67. The number of carboxylic acid groups (broad SMARTS) is 1. The van der Waals surface area contributed by atoms with Crippen molar-refractivity contribution < 1.29 is 29.0 Å². The Morgan fingerprint density at radius 1 is 0.591 bits per heavy atom. The van der Waals surface area contributed by atoms with Crippen LogP contribution in [0.3, 0.4) is 0 Å². The second kappa shape index (κ2) is 21.5. The zero-order valence-electron chi connectivity index (χ0n) is 39.0. The molecule has 6 aromatic rings. The molecule has 0 spiro atoms.